The number of aromatic nitrogens is 3. The molecule has 1 aromatic carbocycles. The lowest BCUT2D eigenvalue weighted by Gasteiger charge is -2.30. The average Bonchev–Trinajstić information content (AvgIpc) is 3.32. The van der Waals surface area contributed by atoms with E-state index in [2.05, 4.69) is 5.32 Å². The lowest BCUT2D eigenvalue weighted by atomic mass is 9.88. The van der Waals surface area contributed by atoms with Gasteiger partial charge in [-0.2, -0.15) is 4.98 Å². The van der Waals surface area contributed by atoms with Crippen molar-refractivity contribution in [3.63, 3.8) is 0 Å². The predicted octanol–water partition coefficient (Wildman–Crippen LogP) is 3.88. The van der Waals surface area contributed by atoms with Crippen LogP contribution >= 0.6 is 0 Å². The first-order chi connectivity index (χ1) is 13.7. The van der Waals surface area contributed by atoms with Crippen molar-refractivity contribution < 1.29 is 13.9 Å². The fourth-order valence-corrected chi connectivity index (χ4v) is 3.96. The van der Waals surface area contributed by atoms with Gasteiger partial charge in [-0.3, -0.25) is 4.79 Å². The molecule has 1 N–H and O–H groups in total. The zero-order valence-electron chi connectivity index (χ0n) is 15.7. The first kappa shape index (κ1) is 16.8. The molecule has 7 heteroatoms. The van der Waals surface area contributed by atoms with Gasteiger partial charge in [-0.15, -0.1) is 5.10 Å². The lowest BCUT2D eigenvalue weighted by Crippen LogP contribution is -2.31. The largest absolute Gasteiger partial charge is 0.496 e. The Morgan fingerprint density at radius 1 is 1.21 bits per heavy atom. The second-order valence-electron chi connectivity index (χ2n) is 7.05. The van der Waals surface area contributed by atoms with Crippen LogP contribution < -0.4 is 10.1 Å². The van der Waals surface area contributed by atoms with Crippen LogP contribution in [0.1, 0.15) is 36.8 Å². The molecule has 2 aromatic heterocycles. The molecule has 1 atom stereocenters. The number of ether oxygens (including phenoxy) is 1. The van der Waals surface area contributed by atoms with E-state index in [0.29, 0.717) is 29.7 Å². The number of ketones is 1. The zero-order chi connectivity index (χ0) is 19.3. The molecule has 0 bridgehead atoms. The highest BCUT2D eigenvalue weighted by molar-refractivity contribution is 5.99. The molecular formula is C21H20N4O3. The maximum Gasteiger partial charge on any atom is 0.227 e. The van der Waals surface area contributed by atoms with Gasteiger partial charge in [-0.05, 0) is 44.0 Å². The van der Waals surface area contributed by atoms with E-state index < -0.39 is 6.04 Å². The second kappa shape index (κ2) is 6.37. The normalized spacial score (nSPS) is 18.5. The maximum atomic E-state index is 12.8. The molecule has 5 rings (SSSR count). The van der Waals surface area contributed by atoms with E-state index in [9.17, 15) is 4.79 Å². The van der Waals surface area contributed by atoms with Crippen molar-refractivity contribution in [3.05, 3.63) is 59.2 Å². The van der Waals surface area contributed by atoms with Gasteiger partial charge in [0.25, 0.3) is 0 Å². The summed E-state index contributed by atoms with van der Waals surface area (Å²) in [5.41, 5.74) is 2.44. The van der Waals surface area contributed by atoms with Crippen LogP contribution in [0.5, 0.6) is 5.75 Å². The van der Waals surface area contributed by atoms with Crippen molar-refractivity contribution in [2.75, 3.05) is 12.4 Å². The minimum atomic E-state index is -0.413. The number of benzene rings is 1. The molecule has 28 heavy (non-hydrogen) atoms. The number of para-hydroxylation sites is 1. The van der Waals surface area contributed by atoms with Gasteiger partial charge in [0.15, 0.2) is 11.6 Å². The number of carbonyl (C=O) groups is 1. The van der Waals surface area contributed by atoms with Gasteiger partial charge in [0.1, 0.15) is 23.3 Å². The van der Waals surface area contributed by atoms with Gasteiger partial charge in [0.05, 0.1) is 12.7 Å². The second-order valence-corrected chi connectivity index (χ2v) is 7.05. The maximum absolute atomic E-state index is 12.8. The van der Waals surface area contributed by atoms with E-state index in [0.717, 1.165) is 35.4 Å². The van der Waals surface area contributed by atoms with E-state index in [1.54, 1.807) is 11.8 Å². The molecule has 0 radical (unpaired) electrons. The molecule has 1 aliphatic heterocycles. The molecule has 0 spiro atoms. The third kappa shape index (κ3) is 2.54. The molecular weight excluding hydrogens is 356 g/mol. The monoisotopic (exact) mass is 376 g/mol. The van der Waals surface area contributed by atoms with Crippen molar-refractivity contribution in [2.45, 2.75) is 32.2 Å². The summed E-state index contributed by atoms with van der Waals surface area (Å²) in [6, 6.07) is 11.0. The highest BCUT2D eigenvalue weighted by Gasteiger charge is 2.38. The van der Waals surface area contributed by atoms with Crippen molar-refractivity contribution >= 4 is 11.7 Å². The van der Waals surface area contributed by atoms with Crippen molar-refractivity contribution in [3.8, 4) is 17.1 Å². The summed E-state index contributed by atoms with van der Waals surface area (Å²) >= 11 is 0. The number of carbonyl (C=O) groups excluding carboxylic acids is 1. The minimum absolute atomic E-state index is 0.132. The molecule has 7 nitrogen and oxygen atoms in total. The summed E-state index contributed by atoms with van der Waals surface area (Å²) in [5.74, 6) is 3.47. The van der Waals surface area contributed by atoms with Crippen molar-refractivity contribution in [1.82, 2.24) is 14.8 Å². The van der Waals surface area contributed by atoms with Crippen LogP contribution in [-0.4, -0.2) is 27.7 Å². The number of aryl methyl sites for hydroxylation is 1. The van der Waals surface area contributed by atoms with Crippen LogP contribution in [0.15, 0.2) is 52.1 Å². The summed E-state index contributed by atoms with van der Waals surface area (Å²) in [4.78, 5) is 17.5. The van der Waals surface area contributed by atoms with E-state index in [1.807, 2.05) is 43.3 Å². The number of Topliss-reactive ketones (excluding diaryl/α,β-unsaturated/α-hetero) is 1. The highest BCUT2D eigenvalue weighted by atomic mass is 16.5. The Labute approximate surface area is 162 Å². The molecule has 142 valence electrons. The summed E-state index contributed by atoms with van der Waals surface area (Å²) in [7, 11) is 1.63. The number of nitrogens with one attached hydrogen (secondary N) is 1. The Morgan fingerprint density at radius 2 is 2.07 bits per heavy atom. The summed E-state index contributed by atoms with van der Waals surface area (Å²) in [6.45, 7) is 1.89. The quantitative estimate of drug-likeness (QED) is 0.747. The first-order valence-electron chi connectivity index (χ1n) is 9.35. The zero-order valence-corrected chi connectivity index (χ0v) is 15.7. The van der Waals surface area contributed by atoms with Crippen LogP contribution in [0.3, 0.4) is 0 Å². The third-order valence-corrected chi connectivity index (χ3v) is 5.25. The molecule has 1 aliphatic carbocycles. The lowest BCUT2D eigenvalue weighted by molar-refractivity contribution is -0.116. The molecule has 2 aliphatic rings. The van der Waals surface area contributed by atoms with Crippen LogP contribution in [-0.2, 0) is 4.79 Å². The topological polar surface area (TPSA) is 82.2 Å². The predicted molar refractivity (Wildman–Crippen MR) is 103 cm³/mol. The van der Waals surface area contributed by atoms with Crippen LogP contribution in [0, 0.1) is 6.92 Å². The molecule has 3 heterocycles. The van der Waals surface area contributed by atoms with Crippen molar-refractivity contribution in [2.24, 2.45) is 0 Å². The number of hydrogen-bond acceptors (Lipinski definition) is 6. The fourth-order valence-electron chi connectivity index (χ4n) is 3.96. The fraction of sp³-hybridized carbons (Fsp3) is 0.286. The standard InChI is InChI=1S/C21H20N4O3/c1-12-10-11-17(28-12)19-18-14(7-5-8-15(18)26)22-21-23-20(24-25(19)21)13-6-3-4-9-16(13)27-2/h3-4,6,9-11,19H,5,7-8H2,1-2H3,(H,22,23,24). The Balaban J connectivity index is 1.68. The molecule has 3 aromatic rings. The van der Waals surface area contributed by atoms with Gasteiger partial charge in [-0.1, -0.05) is 12.1 Å². The van der Waals surface area contributed by atoms with Crippen LogP contribution in [0.25, 0.3) is 11.4 Å². The van der Waals surface area contributed by atoms with Crippen LogP contribution in [0.2, 0.25) is 0 Å². The molecule has 1 unspecified atom stereocenters. The molecule has 0 amide bonds. The van der Waals surface area contributed by atoms with Gasteiger partial charge < -0.3 is 14.5 Å². The van der Waals surface area contributed by atoms with E-state index in [-0.39, 0.29) is 5.78 Å². The Kier molecular flexibility index (Phi) is 3.82. The van der Waals surface area contributed by atoms with E-state index >= 15 is 0 Å². The molecule has 0 saturated heterocycles. The van der Waals surface area contributed by atoms with Gasteiger partial charge >= 0.3 is 0 Å². The van der Waals surface area contributed by atoms with E-state index in [4.69, 9.17) is 19.2 Å². The number of furan rings is 1. The first-order valence-corrected chi connectivity index (χ1v) is 9.35. The van der Waals surface area contributed by atoms with Gasteiger partial charge in [0.2, 0.25) is 5.95 Å². The van der Waals surface area contributed by atoms with Crippen LogP contribution in [0.4, 0.5) is 5.95 Å². The number of methoxy groups -OCH3 is 1. The number of hydrogen-bond donors (Lipinski definition) is 1. The summed E-state index contributed by atoms with van der Waals surface area (Å²) in [5, 5.41) is 8.07. The highest BCUT2D eigenvalue weighted by Crippen LogP contribution is 2.41. The molecule has 0 fully saturated rings. The minimum Gasteiger partial charge on any atom is -0.496 e. The summed E-state index contributed by atoms with van der Waals surface area (Å²) in [6.07, 6.45) is 2.19. The number of anilines is 1. The van der Waals surface area contributed by atoms with E-state index in [1.165, 1.54) is 0 Å². The van der Waals surface area contributed by atoms with Gasteiger partial charge in [-0.25, -0.2) is 4.68 Å². The smallest absolute Gasteiger partial charge is 0.227 e. The number of fused-ring (bicyclic) bond motifs is 1. The van der Waals surface area contributed by atoms with Gasteiger partial charge in [0, 0.05) is 17.7 Å². The Morgan fingerprint density at radius 3 is 2.86 bits per heavy atom. The third-order valence-electron chi connectivity index (χ3n) is 5.25. The molecule has 0 saturated carbocycles. The van der Waals surface area contributed by atoms with Crippen molar-refractivity contribution in [1.29, 1.82) is 0 Å². The number of allylic oxidation sites excluding steroid dienone is 2. The SMILES string of the molecule is COc1ccccc1-c1nc2n(n1)C(c1ccc(C)o1)C1=C(CCCC1=O)N2. The Hall–Kier alpha value is -3.35. The number of rotatable bonds is 3. The summed E-state index contributed by atoms with van der Waals surface area (Å²) < 4.78 is 13.1. The number of nitrogens with zero attached hydrogens (tertiary/aromatic N) is 3. The Bertz CT molecular complexity index is 1110. The average molecular weight is 376 g/mol.